The van der Waals surface area contributed by atoms with E-state index in [1.54, 1.807) is 13.3 Å². The van der Waals surface area contributed by atoms with E-state index in [2.05, 4.69) is 20.1 Å². The Morgan fingerprint density at radius 3 is 2.66 bits per heavy atom. The number of carbonyl (C=O) groups excluding carboxylic acids is 1. The predicted molar refractivity (Wildman–Crippen MR) is 129 cm³/mol. The second-order valence-electron chi connectivity index (χ2n) is 8.33. The third-order valence-corrected chi connectivity index (χ3v) is 6.15. The average molecular weight is 474 g/mol. The summed E-state index contributed by atoms with van der Waals surface area (Å²) in [5, 5.41) is 4.17. The van der Waals surface area contributed by atoms with Gasteiger partial charge in [0.1, 0.15) is 11.5 Å². The zero-order chi connectivity index (χ0) is 24.2. The second kappa shape index (κ2) is 10.0. The Balaban J connectivity index is 1.22. The van der Waals surface area contributed by atoms with E-state index in [4.69, 9.17) is 14.0 Å². The van der Waals surface area contributed by atoms with E-state index in [0.717, 1.165) is 24.0 Å². The molecule has 3 heterocycles. The Hall–Kier alpha value is -4.14. The Kier molecular flexibility index (Phi) is 6.47. The standard InChI is InChI=1S/C26H27N5O4/c1-3-34-21-10-9-19(15-22(21)33-2)24-29-25(35-30-24)18-11-13-31(14-12-18)26(32)20-16-27-23(28-20)17-7-5-4-6-8-17/h4-10,15-16,18H,3,11-14H2,1-2H3,(H,27,28). The molecule has 2 aromatic heterocycles. The summed E-state index contributed by atoms with van der Waals surface area (Å²) in [6.07, 6.45) is 3.10. The van der Waals surface area contributed by atoms with Gasteiger partial charge >= 0.3 is 0 Å². The summed E-state index contributed by atoms with van der Waals surface area (Å²) in [5.41, 5.74) is 2.23. The molecule has 9 heteroatoms. The van der Waals surface area contributed by atoms with Gasteiger partial charge < -0.3 is 23.9 Å². The number of nitrogens with one attached hydrogen (secondary N) is 1. The van der Waals surface area contributed by atoms with Gasteiger partial charge in [0.2, 0.25) is 11.7 Å². The number of amides is 1. The number of aromatic amines is 1. The van der Waals surface area contributed by atoms with Crippen LogP contribution in [0.2, 0.25) is 0 Å². The van der Waals surface area contributed by atoms with Gasteiger partial charge in [-0.1, -0.05) is 35.5 Å². The molecule has 9 nitrogen and oxygen atoms in total. The summed E-state index contributed by atoms with van der Waals surface area (Å²) in [4.78, 5) is 27.0. The van der Waals surface area contributed by atoms with Crippen molar-refractivity contribution in [3.05, 3.63) is 66.3 Å². The summed E-state index contributed by atoms with van der Waals surface area (Å²) in [6.45, 7) is 3.70. The van der Waals surface area contributed by atoms with Gasteiger partial charge in [0.15, 0.2) is 11.5 Å². The largest absolute Gasteiger partial charge is 0.493 e. The molecule has 0 radical (unpaired) electrons. The number of nitrogens with zero attached hydrogens (tertiary/aromatic N) is 4. The molecule has 1 aliphatic rings. The maximum absolute atomic E-state index is 13.0. The van der Waals surface area contributed by atoms with Crippen LogP contribution in [-0.2, 0) is 0 Å². The van der Waals surface area contributed by atoms with Crippen molar-refractivity contribution in [3.63, 3.8) is 0 Å². The Morgan fingerprint density at radius 2 is 1.91 bits per heavy atom. The van der Waals surface area contributed by atoms with Crippen LogP contribution in [0, 0.1) is 0 Å². The molecule has 0 spiro atoms. The third-order valence-electron chi connectivity index (χ3n) is 6.15. The van der Waals surface area contributed by atoms with Crippen LogP contribution < -0.4 is 9.47 Å². The van der Waals surface area contributed by atoms with E-state index in [1.807, 2.05) is 60.4 Å². The van der Waals surface area contributed by atoms with Gasteiger partial charge in [0, 0.05) is 30.1 Å². The number of H-pyrrole nitrogens is 1. The Morgan fingerprint density at radius 1 is 1.11 bits per heavy atom. The molecular weight excluding hydrogens is 446 g/mol. The maximum atomic E-state index is 13.0. The smallest absolute Gasteiger partial charge is 0.271 e. The van der Waals surface area contributed by atoms with Crippen LogP contribution >= 0.6 is 0 Å². The van der Waals surface area contributed by atoms with Gasteiger partial charge in [0.25, 0.3) is 5.91 Å². The molecule has 1 fully saturated rings. The van der Waals surface area contributed by atoms with Gasteiger partial charge in [0.05, 0.1) is 19.9 Å². The SMILES string of the molecule is CCOc1ccc(-c2noc(C3CCN(C(=O)c4cnc(-c5ccccc5)[nH]4)CC3)n2)cc1OC. The third kappa shape index (κ3) is 4.75. The minimum absolute atomic E-state index is 0.0502. The molecule has 1 N–H and O–H groups in total. The predicted octanol–water partition coefficient (Wildman–Crippen LogP) is 4.55. The highest BCUT2D eigenvalue weighted by atomic mass is 16.5. The molecule has 180 valence electrons. The number of piperidine rings is 1. The zero-order valence-corrected chi connectivity index (χ0v) is 19.7. The number of likely N-dealkylation sites (tertiary alicyclic amines) is 1. The van der Waals surface area contributed by atoms with E-state index >= 15 is 0 Å². The van der Waals surface area contributed by atoms with Crippen molar-refractivity contribution in [2.75, 3.05) is 26.8 Å². The van der Waals surface area contributed by atoms with E-state index in [1.165, 1.54) is 0 Å². The first-order chi connectivity index (χ1) is 17.2. The highest BCUT2D eigenvalue weighted by Gasteiger charge is 2.29. The first kappa shape index (κ1) is 22.6. The lowest BCUT2D eigenvalue weighted by Crippen LogP contribution is -2.38. The second-order valence-corrected chi connectivity index (χ2v) is 8.33. The van der Waals surface area contributed by atoms with E-state index in [9.17, 15) is 4.79 Å². The van der Waals surface area contributed by atoms with Crippen molar-refractivity contribution in [2.45, 2.75) is 25.7 Å². The van der Waals surface area contributed by atoms with Crippen LogP contribution in [0.5, 0.6) is 11.5 Å². The lowest BCUT2D eigenvalue weighted by molar-refractivity contribution is 0.0699. The highest BCUT2D eigenvalue weighted by Crippen LogP contribution is 2.33. The van der Waals surface area contributed by atoms with E-state index in [0.29, 0.717) is 54.4 Å². The number of hydrogen-bond acceptors (Lipinski definition) is 7. The summed E-state index contributed by atoms with van der Waals surface area (Å²) < 4.78 is 16.6. The first-order valence-corrected chi connectivity index (χ1v) is 11.7. The normalized spacial score (nSPS) is 14.2. The number of imidazole rings is 1. The van der Waals surface area contributed by atoms with Gasteiger partial charge in [-0.25, -0.2) is 4.98 Å². The van der Waals surface area contributed by atoms with Gasteiger partial charge in [-0.05, 0) is 38.0 Å². The van der Waals surface area contributed by atoms with E-state index in [-0.39, 0.29) is 11.8 Å². The number of aromatic nitrogens is 4. The molecule has 2 aromatic carbocycles. The topological polar surface area (TPSA) is 106 Å². The molecule has 0 saturated carbocycles. The molecule has 1 saturated heterocycles. The monoisotopic (exact) mass is 473 g/mol. The highest BCUT2D eigenvalue weighted by molar-refractivity contribution is 5.92. The fourth-order valence-corrected chi connectivity index (χ4v) is 4.27. The van der Waals surface area contributed by atoms with Crippen LogP contribution in [0.15, 0.2) is 59.3 Å². The molecule has 0 unspecified atom stereocenters. The van der Waals surface area contributed by atoms with Crippen molar-refractivity contribution in [2.24, 2.45) is 0 Å². The molecule has 5 rings (SSSR count). The molecule has 35 heavy (non-hydrogen) atoms. The zero-order valence-electron chi connectivity index (χ0n) is 19.7. The number of ether oxygens (including phenoxy) is 2. The number of hydrogen-bond donors (Lipinski definition) is 1. The van der Waals surface area contributed by atoms with Gasteiger partial charge in [-0.15, -0.1) is 0 Å². The van der Waals surface area contributed by atoms with Gasteiger partial charge in [-0.2, -0.15) is 4.98 Å². The Labute approximate surface area is 203 Å². The molecule has 0 bridgehead atoms. The summed E-state index contributed by atoms with van der Waals surface area (Å²) in [7, 11) is 1.60. The minimum atomic E-state index is -0.0502. The van der Waals surface area contributed by atoms with Crippen molar-refractivity contribution in [1.29, 1.82) is 0 Å². The summed E-state index contributed by atoms with van der Waals surface area (Å²) in [5.74, 6) is 3.13. The quantitative estimate of drug-likeness (QED) is 0.419. The molecular formula is C26H27N5O4. The van der Waals surface area contributed by atoms with Crippen molar-refractivity contribution in [1.82, 2.24) is 25.0 Å². The van der Waals surface area contributed by atoms with Crippen LogP contribution in [0.4, 0.5) is 0 Å². The number of rotatable bonds is 7. The maximum Gasteiger partial charge on any atom is 0.271 e. The lowest BCUT2D eigenvalue weighted by atomic mass is 9.96. The minimum Gasteiger partial charge on any atom is -0.493 e. The summed E-state index contributed by atoms with van der Waals surface area (Å²) >= 11 is 0. The molecule has 1 amide bonds. The first-order valence-electron chi connectivity index (χ1n) is 11.7. The number of benzene rings is 2. The van der Waals surface area contributed by atoms with E-state index < -0.39 is 0 Å². The fourth-order valence-electron chi connectivity index (χ4n) is 4.27. The van der Waals surface area contributed by atoms with Crippen LogP contribution in [0.3, 0.4) is 0 Å². The van der Waals surface area contributed by atoms with Gasteiger partial charge in [-0.3, -0.25) is 4.79 Å². The van der Waals surface area contributed by atoms with Crippen molar-refractivity contribution in [3.8, 4) is 34.3 Å². The molecule has 0 atom stereocenters. The van der Waals surface area contributed by atoms with Crippen LogP contribution in [0.1, 0.15) is 42.1 Å². The fraction of sp³-hybridized carbons (Fsp3) is 0.308. The van der Waals surface area contributed by atoms with Crippen molar-refractivity contribution >= 4 is 5.91 Å². The van der Waals surface area contributed by atoms with Crippen molar-refractivity contribution < 1.29 is 18.8 Å². The van der Waals surface area contributed by atoms with Crippen LogP contribution in [0.25, 0.3) is 22.8 Å². The molecule has 1 aliphatic heterocycles. The lowest BCUT2D eigenvalue weighted by Gasteiger charge is -2.29. The number of carbonyl (C=O) groups is 1. The average Bonchev–Trinajstić information content (AvgIpc) is 3.60. The van der Waals surface area contributed by atoms with Crippen LogP contribution in [-0.4, -0.2) is 57.7 Å². The summed E-state index contributed by atoms with van der Waals surface area (Å²) in [6, 6.07) is 15.3. The molecule has 0 aliphatic carbocycles. The molecule has 4 aromatic rings. The number of methoxy groups -OCH3 is 1. The Bertz CT molecular complexity index is 1290.